The highest BCUT2D eigenvalue weighted by Gasteiger charge is 2.24. The number of imidazole rings is 1. The van der Waals surface area contributed by atoms with E-state index in [2.05, 4.69) is 388 Å². The molecule has 0 atom stereocenters. The summed E-state index contributed by atoms with van der Waals surface area (Å²) in [5.74, 6) is 6.20. The summed E-state index contributed by atoms with van der Waals surface area (Å²) < 4.78 is 15.6. The molecule has 12 aromatic heterocycles. The summed E-state index contributed by atoms with van der Waals surface area (Å²) in [7, 11) is 0. The number of ether oxygens (including phenoxy) is 1. The van der Waals surface area contributed by atoms with Crippen molar-refractivity contribution in [2.45, 2.75) is 398 Å². The molecule has 0 bridgehead atoms. The molecule has 0 fully saturated rings. The highest BCUT2D eigenvalue weighted by atomic mass is 32.1. The average Bonchev–Trinajstić information content (AvgIpc) is 1.73. The molecule has 2 N–H and O–H groups in total. The van der Waals surface area contributed by atoms with E-state index in [1.54, 1.807) is 94.9 Å². The molecular formula is C113H169N15O3S3. The lowest BCUT2D eigenvalue weighted by molar-refractivity contribution is 0.284. The number of aromatic nitrogens is 15. The van der Waals surface area contributed by atoms with Crippen molar-refractivity contribution in [1.29, 1.82) is 0 Å². The summed E-state index contributed by atoms with van der Waals surface area (Å²) in [4.78, 5) is 49.2. The van der Waals surface area contributed by atoms with Crippen molar-refractivity contribution in [2.75, 3.05) is 6.61 Å². The summed E-state index contributed by atoms with van der Waals surface area (Å²) >= 11 is 5.14. The molecule has 0 saturated heterocycles. The minimum atomic E-state index is 0.0451. The highest BCUT2D eigenvalue weighted by Crippen LogP contribution is 2.33. The molecule has 3 aliphatic carbocycles. The Morgan fingerprint density at radius 2 is 0.910 bits per heavy atom. The van der Waals surface area contributed by atoms with Crippen molar-refractivity contribution in [1.82, 2.24) is 75.2 Å². The monoisotopic (exact) mass is 1880 g/mol. The second-order valence-electron chi connectivity index (χ2n) is 45.2. The number of thiazole rings is 2. The van der Waals surface area contributed by atoms with E-state index in [1.807, 2.05) is 60.3 Å². The van der Waals surface area contributed by atoms with Crippen LogP contribution in [0.1, 0.15) is 417 Å². The topological polar surface area (TPSA) is 235 Å². The van der Waals surface area contributed by atoms with Crippen molar-refractivity contribution < 1.29 is 13.7 Å². The fraction of sp³-hybridized carbons (Fsp3) is 0.549. The molecule has 18 nitrogen and oxygen atoms in total. The predicted octanol–water partition coefficient (Wildman–Crippen LogP) is 30.8. The third kappa shape index (κ3) is 43.2. The van der Waals surface area contributed by atoms with E-state index < -0.39 is 0 Å². The first-order valence-corrected chi connectivity index (χ1v) is 51.1. The summed E-state index contributed by atoms with van der Waals surface area (Å²) in [5.41, 5.74) is 25.1. The summed E-state index contributed by atoms with van der Waals surface area (Å²) in [5, 5.41) is 19.9. The van der Waals surface area contributed by atoms with Crippen LogP contribution in [-0.4, -0.2) is 81.8 Å². The van der Waals surface area contributed by atoms with Crippen LogP contribution < -0.4 is 4.74 Å². The maximum Gasteiger partial charge on any atom is 0.199 e. The third-order valence-corrected chi connectivity index (χ3v) is 24.7. The molecule has 1 aliphatic heterocycles. The fourth-order valence-corrected chi connectivity index (χ4v) is 15.5. The Bertz CT molecular complexity index is 4600. The Hall–Kier alpha value is -9.57. The second-order valence-corrected chi connectivity index (χ2v) is 47.6. The Morgan fingerprint density at radius 3 is 1.27 bits per heavy atom. The van der Waals surface area contributed by atoms with E-state index in [4.69, 9.17) is 13.7 Å². The maximum atomic E-state index is 5.55. The molecule has 1 aromatic carbocycles. The zero-order chi connectivity index (χ0) is 99.9. The van der Waals surface area contributed by atoms with Gasteiger partial charge in [0.25, 0.3) is 0 Å². The van der Waals surface area contributed by atoms with Crippen LogP contribution in [0.5, 0.6) is 5.75 Å². The van der Waals surface area contributed by atoms with Gasteiger partial charge in [0.1, 0.15) is 29.9 Å². The molecule has 134 heavy (non-hydrogen) atoms. The Kier molecular flexibility index (Phi) is 46.7. The number of thiophene rings is 1. The molecule has 13 heterocycles. The van der Waals surface area contributed by atoms with Gasteiger partial charge in [0.05, 0.1) is 52.8 Å². The van der Waals surface area contributed by atoms with E-state index >= 15 is 0 Å². The first-order valence-electron chi connectivity index (χ1n) is 48.4. The molecule has 0 spiro atoms. The number of benzene rings is 1. The largest absolute Gasteiger partial charge is 0.492 e. The van der Waals surface area contributed by atoms with Crippen LogP contribution >= 0.6 is 34.0 Å². The second kappa shape index (κ2) is 54.4. The molecule has 0 radical (unpaired) electrons. The smallest absolute Gasteiger partial charge is 0.199 e. The number of aromatic amines is 2. The fourth-order valence-electron chi connectivity index (χ4n) is 13.1. The lowest BCUT2D eigenvalue weighted by Crippen LogP contribution is -2.13. The number of oxazole rings is 1. The average molecular weight is 1880 g/mol. The van der Waals surface area contributed by atoms with Crippen LogP contribution in [0.25, 0.3) is 0 Å². The minimum Gasteiger partial charge on any atom is -0.492 e. The van der Waals surface area contributed by atoms with Crippen molar-refractivity contribution in [3.8, 4) is 5.75 Å². The molecule has 0 amide bonds. The minimum absolute atomic E-state index is 0.0451. The molecule has 13 aromatic rings. The Labute approximate surface area is 821 Å². The molecule has 4 aliphatic rings. The molecular weight excluding hydrogens is 1710 g/mol. The van der Waals surface area contributed by atoms with E-state index in [9.17, 15) is 0 Å². The van der Waals surface area contributed by atoms with Crippen molar-refractivity contribution in [2.24, 2.45) is 0 Å². The van der Waals surface area contributed by atoms with Crippen LogP contribution in [0.15, 0.2) is 190 Å². The summed E-state index contributed by atoms with van der Waals surface area (Å²) in [6, 6.07) is 17.9. The van der Waals surface area contributed by atoms with Gasteiger partial charge < -0.3 is 18.7 Å². The number of H-pyrrole nitrogens is 2. The number of pyridine rings is 3. The van der Waals surface area contributed by atoms with Gasteiger partial charge >= 0.3 is 0 Å². The van der Waals surface area contributed by atoms with Gasteiger partial charge in [-0.05, 0) is 207 Å². The zero-order valence-corrected chi connectivity index (χ0v) is 91.2. The van der Waals surface area contributed by atoms with Gasteiger partial charge in [-0.1, -0.05) is 278 Å². The van der Waals surface area contributed by atoms with E-state index in [-0.39, 0.29) is 43.3 Å². The zero-order valence-electron chi connectivity index (χ0n) is 88.8. The number of hydrogen-bond acceptors (Lipinski definition) is 19. The Morgan fingerprint density at radius 1 is 0.366 bits per heavy atom. The highest BCUT2D eigenvalue weighted by molar-refractivity contribution is 7.09. The van der Waals surface area contributed by atoms with Gasteiger partial charge in [0.2, 0.25) is 0 Å². The normalized spacial score (nSPS) is 13.2. The summed E-state index contributed by atoms with van der Waals surface area (Å²) in [6.45, 7) is 76.5. The standard InChI is InChI=1S/2C12H17N.C12H16.C11H15NO.2C8H12N2.C8H12S.2C7H12N2.2C7H11NO.2C7H11NS/c2*1-9(2)11-7-10-5-3-4-6-12(10)13-8-11;1-9(2)11-7-6-10-4-3-5-12(10)8-11;1-8(2)9-6-11-10(12-7-9)4-3-5-13-11;1-8(2,3)7-4-9-6-10-5-7;1-8(2,3)7-6-9-4-5-10-7;1-8(2,3)7-4-5-9-6-7;1-7(2,3)6-4-8-9-5-6;2*1-7(2,3)6-8-4-5-9-6;1-7(2,3)6-4-5-8-9-6;1-7(2,3)6-4-9-5-8-6;1-7(2,3)6-8-4-5-9-6/h2*7-9H,3-6H2,1-2H3;6-9H,3-5H2,1-2H3;6-8H,3-5H2,1-2H3;2*4-6H,1-3H3;4-6H,1-3H3;2*4-5H,1-3H3,(H,8,9);4*4-5H,1-3H3. The van der Waals surface area contributed by atoms with Gasteiger partial charge in [0.15, 0.2) is 5.89 Å². The van der Waals surface area contributed by atoms with Crippen LogP contribution in [0.2, 0.25) is 0 Å². The van der Waals surface area contributed by atoms with E-state index in [1.165, 1.54) is 143 Å². The number of aryl methyl sites for hydroxylation is 7. The molecule has 0 unspecified atom stereocenters. The van der Waals surface area contributed by atoms with E-state index in [0.29, 0.717) is 29.1 Å². The number of nitrogens with zero attached hydrogens (tertiary/aromatic N) is 13. The predicted molar refractivity (Wildman–Crippen MR) is 566 cm³/mol. The number of rotatable bonds is 4. The lowest BCUT2D eigenvalue weighted by Gasteiger charge is -2.17. The van der Waals surface area contributed by atoms with Gasteiger partial charge in [0, 0.05) is 135 Å². The molecule has 21 heteroatoms. The Balaban J connectivity index is 0.000000257. The van der Waals surface area contributed by atoms with Gasteiger partial charge in [-0.2, -0.15) is 16.4 Å². The molecule has 732 valence electrons. The summed E-state index contributed by atoms with van der Waals surface area (Å²) in [6.07, 6.45) is 47.1. The first kappa shape index (κ1) is 115. The third-order valence-electron chi connectivity index (χ3n) is 22.2. The quantitative estimate of drug-likeness (QED) is 0.167. The number of hydrogen-bond donors (Lipinski definition) is 2. The van der Waals surface area contributed by atoms with Crippen molar-refractivity contribution in [3.63, 3.8) is 0 Å². The maximum absolute atomic E-state index is 5.55. The lowest BCUT2D eigenvalue weighted by atomic mass is 9.89. The van der Waals surface area contributed by atoms with E-state index in [0.717, 1.165) is 54.1 Å². The van der Waals surface area contributed by atoms with Crippen LogP contribution in [0.3, 0.4) is 0 Å². The van der Waals surface area contributed by atoms with Gasteiger partial charge in [-0.25, -0.2) is 29.9 Å². The van der Waals surface area contributed by atoms with Gasteiger partial charge in [-0.3, -0.25) is 30.0 Å². The number of nitrogens with one attached hydrogen (secondary N) is 2. The van der Waals surface area contributed by atoms with Crippen molar-refractivity contribution in [3.05, 3.63) is 293 Å². The van der Waals surface area contributed by atoms with Crippen LogP contribution in [-0.2, 0) is 93.7 Å². The SMILES string of the molecule is CC(C)(C)c1ccno1.CC(C)(C)c1ccsc1.CC(C)(C)c1cn[nH]c1.CC(C)(C)c1cnccn1.CC(C)(C)c1cncnc1.CC(C)(C)c1cscn1.CC(C)(C)c1ncc[nH]1.CC(C)(C)c1ncco1.CC(C)(C)c1nccs1.CC(C)c1ccc2c(c1)CCC2.CC(C)c1cnc2c(c1)CCCC2.CC(C)c1cnc2c(c1)CCCC2.CC(C)c1cnc2c(c1)OCCC2. The van der Waals surface area contributed by atoms with Crippen LogP contribution in [0.4, 0.5) is 0 Å². The van der Waals surface area contributed by atoms with Crippen LogP contribution in [0, 0.1) is 0 Å². The molecule has 0 saturated carbocycles. The van der Waals surface area contributed by atoms with Gasteiger partial charge in [-0.15, -0.1) is 22.7 Å². The number of fused-ring (bicyclic) bond motifs is 4. The van der Waals surface area contributed by atoms with Crippen molar-refractivity contribution >= 4 is 34.0 Å². The first-order chi connectivity index (χ1) is 62.5. The molecule has 17 rings (SSSR count).